The van der Waals surface area contributed by atoms with Crippen molar-refractivity contribution >= 4 is 22.0 Å². The fourth-order valence-electron chi connectivity index (χ4n) is 5.64. The van der Waals surface area contributed by atoms with Gasteiger partial charge in [0.2, 0.25) is 0 Å². The Hall–Kier alpha value is -3.69. The van der Waals surface area contributed by atoms with Crippen LogP contribution in [0.3, 0.4) is 0 Å². The standard InChI is InChI=1S/C38H42O2S/c1-25-9-13-33(29(5)21-25)15-19-37(35-17-11-27(3)23-31(35)7)41(39,40)38(36-18-12-28(4)24-32(36)8)20-16-34-14-10-26(2)22-30(34)6/h9-24,37-38H,1-8H3/b19-15-,20-16-. The number of rotatable bonds is 8. The summed E-state index contributed by atoms with van der Waals surface area (Å²) in [5, 5.41) is -1.64. The zero-order valence-corrected chi connectivity index (χ0v) is 26.4. The first-order valence-electron chi connectivity index (χ1n) is 14.2. The Morgan fingerprint density at radius 1 is 0.463 bits per heavy atom. The summed E-state index contributed by atoms with van der Waals surface area (Å²) in [4.78, 5) is 0. The Labute approximate surface area is 247 Å². The van der Waals surface area contributed by atoms with E-state index < -0.39 is 20.3 Å². The van der Waals surface area contributed by atoms with E-state index in [0.717, 1.165) is 55.6 Å². The molecule has 2 nitrogen and oxygen atoms in total. The lowest BCUT2D eigenvalue weighted by molar-refractivity contribution is 0.584. The van der Waals surface area contributed by atoms with Gasteiger partial charge in [0.25, 0.3) is 0 Å². The smallest absolute Gasteiger partial charge is 0.171 e. The van der Waals surface area contributed by atoms with Crippen LogP contribution in [0.15, 0.2) is 84.9 Å². The molecule has 4 rings (SSSR count). The van der Waals surface area contributed by atoms with E-state index in [-0.39, 0.29) is 0 Å². The summed E-state index contributed by atoms with van der Waals surface area (Å²) in [5.41, 5.74) is 12.5. The van der Waals surface area contributed by atoms with Crippen LogP contribution in [0.2, 0.25) is 0 Å². The second-order valence-electron chi connectivity index (χ2n) is 11.6. The van der Waals surface area contributed by atoms with E-state index in [1.54, 1.807) is 0 Å². The lowest BCUT2D eigenvalue weighted by Gasteiger charge is -2.24. The summed E-state index contributed by atoms with van der Waals surface area (Å²) < 4.78 is 29.8. The molecule has 212 valence electrons. The first-order chi connectivity index (χ1) is 19.4. The van der Waals surface area contributed by atoms with Crippen LogP contribution < -0.4 is 0 Å². The van der Waals surface area contributed by atoms with Gasteiger partial charge in [0.05, 0.1) is 0 Å². The van der Waals surface area contributed by atoms with Crippen LogP contribution in [0, 0.1) is 55.4 Å². The predicted octanol–water partition coefficient (Wildman–Crippen LogP) is 9.78. The number of benzene rings is 4. The summed E-state index contributed by atoms with van der Waals surface area (Å²) in [5.74, 6) is 0. The van der Waals surface area contributed by atoms with Gasteiger partial charge in [0, 0.05) is 0 Å². The van der Waals surface area contributed by atoms with Crippen molar-refractivity contribution in [3.05, 3.63) is 152 Å². The highest BCUT2D eigenvalue weighted by molar-refractivity contribution is 7.92. The van der Waals surface area contributed by atoms with Gasteiger partial charge in [-0.2, -0.15) is 0 Å². The molecular formula is C38H42O2S. The molecule has 0 heterocycles. The molecule has 0 aromatic heterocycles. The SMILES string of the molecule is Cc1ccc(/C=C\C(c2ccc(C)cc2C)S(=O)(=O)C(/C=C\c2ccc(C)cc2C)c2ccc(C)cc2C)c(C)c1. The van der Waals surface area contributed by atoms with Crippen molar-refractivity contribution in [2.24, 2.45) is 0 Å². The Morgan fingerprint density at radius 3 is 1.10 bits per heavy atom. The molecule has 0 aliphatic carbocycles. The molecule has 0 saturated heterocycles. The number of hydrogen-bond donors (Lipinski definition) is 0. The Morgan fingerprint density at radius 2 is 0.780 bits per heavy atom. The normalized spacial score (nSPS) is 13.7. The summed E-state index contributed by atoms with van der Waals surface area (Å²) in [6, 6.07) is 24.6. The van der Waals surface area contributed by atoms with Crippen molar-refractivity contribution in [2.45, 2.75) is 65.9 Å². The quantitative estimate of drug-likeness (QED) is 0.214. The third-order valence-electron chi connectivity index (χ3n) is 7.92. The van der Waals surface area contributed by atoms with Crippen LogP contribution in [-0.4, -0.2) is 8.42 Å². The zero-order valence-electron chi connectivity index (χ0n) is 25.6. The number of aryl methyl sites for hydroxylation is 8. The van der Waals surface area contributed by atoms with Crippen LogP contribution >= 0.6 is 0 Å². The van der Waals surface area contributed by atoms with Gasteiger partial charge < -0.3 is 0 Å². The molecule has 2 unspecified atom stereocenters. The molecular weight excluding hydrogens is 520 g/mol. The monoisotopic (exact) mass is 562 g/mol. The fourth-order valence-corrected chi connectivity index (χ4v) is 7.78. The molecule has 4 aromatic rings. The van der Waals surface area contributed by atoms with Crippen molar-refractivity contribution in [1.29, 1.82) is 0 Å². The summed E-state index contributed by atoms with van der Waals surface area (Å²) in [7, 11) is -3.80. The van der Waals surface area contributed by atoms with Gasteiger partial charge in [-0.05, 0) is 99.9 Å². The number of hydrogen-bond acceptors (Lipinski definition) is 2. The molecule has 0 bridgehead atoms. The minimum atomic E-state index is -3.80. The molecule has 0 amide bonds. The van der Waals surface area contributed by atoms with Crippen molar-refractivity contribution in [3.8, 4) is 0 Å². The van der Waals surface area contributed by atoms with Gasteiger partial charge in [-0.3, -0.25) is 0 Å². The zero-order chi connectivity index (χ0) is 29.9. The molecule has 4 aromatic carbocycles. The maximum Gasteiger partial charge on any atom is 0.171 e. The molecule has 41 heavy (non-hydrogen) atoms. The van der Waals surface area contributed by atoms with Crippen LogP contribution in [-0.2, 0) is 9.84 Å². The summed E-state index contributed by atoms with van der Waals surface area (Å²) in [6.45, 7) is 16.4. The molecule has 0 radical (unpaired) electrons. The van der Waals surface area contributed by atoms with Crippen LogP contribution in [0.1, 0.15) is 77.3 Å². The molecule has 0 spiro atoms. The van der Waals surface area contributed by atoms with Crippen molar-refractivity contribution in [3.63, 3.8) is 0 Å². The van der Waals surface area contributed by atoms with E-state index in [1.165, 1.54) is 11.1 Å². The average molecular weight is 563 g/mol. The first-order valence-corrected chi connectivity index (χ1v) is 15.9. The molecule has 0 aliphatic heterocycles. The van der Waals surface area contributed by atoms with Crippen LogP contribution in [0.25, 0.3) is 12.2 Å². The maximum atomic E-state index is 14.9. The minimum Gasteiger partial charge on any atom is -0.227 e. The molecule has 3 heteroatoms. The molecule has 0 N–H and O–H groups in total. The average Bonchev–Trinajstić information content (AvgIpc) is 2.88. The third kappa shape index (κ3) is 6.97. The Kier molecular flexibility index (Phi) is 9.19. The predicted molar refractivity (Wildman–Crippen MR) is 176 cm³/mol. The Balaban J connectivity index is 1.92. The lowest BCUT2D eigenvalue weighted by atomic mass is 10.0. The van der Waals surface area contributed by atoms with Crippen LogP contribution in [0.4, 0.5) is 0 Å². The lowest BCUT2D eigenvalue weighted by Crippen LogP contribution is -2.20. The van der Waals surface area contributed by atoms with Gasteiger partial charge in [0.1, 0.15) is 10.5 Å². The second-order valence-corrected chi connectivity index (χ2v) is 13.8. The molecule has 0 fully saturated rings. The minimum absolute atomic E-state index is 0.811. The first kappa shape index (κ1) is 30.3. The third-order valence-corrected chi connectivity index (χ3v) is 10.2. The van der Waals surface area contributed by atoms with E-state index in [1.807, 2.05) is 76.3 Å². The van der Waals surface area contributed by atoms with E-state index in [9.17, 15) is 8.42 Å². The highest BCUT2D eigenvalue weighted by Crippen LogP contribution is 2.40. The van der Waals surface area contributed by atoms with Crippen molar-refractivity contribution in [2.75, 3.05) is 0 Å². The van der Waals surface area contributed by atoms with E-state index in [0.29, 0.717) is 0 Å². The number of sulfone groups is 1. The molecule has 0 saturated carbocycles. The highest BCUT2D eigenvalue weighted by atomic mass is 32.2. The van der Waals surface area contributed by atoms with Gasteiger partial charge in [-0.1, -0.05) is 119 Å². The molecule has 2 atom stereocenters. The van der Waals surface area contributed by atoms with Crippen molar-refractivity contribution < 1.29 is 8.42 Å². The molecule has 0 aliphatic rings. The van der Waals surface area contributed by atoms with E-state index >= 15 is 0 Å². The topological polar surface area (TPSA) is 34.1 Å². The van der Waals surface area contributed by atoms with Gasteiger partial charge in [-0.25, -0.2) is 8.42 Å². The summed E-state index contributed by atoms with van der Waals surface area (Å²) >= 11 is 0. The van der Waals surface area contributed by atoms with Gasteiger partial charge in [-0.15, -0.1) is 0 Å². The van der Waals surface area contributed by atoms with Gasteiger partial charge >= 0.3 is 0 Å². The largest absolute Gasteiger partial charge is 0.227 e. The Bertz CT molecular complexity index is 1620. The van der Waals surface area contributed by atoms with Gasteiger partial charge in [0.15, 0.2) is 9.84 Å². The van der Waals surface area contributed by atoms with E-state index in [2.05, 4.69) is 76.2 Å². The summed E-state index contributed by atoms with van der Waals surface area (Å²) in [6.07, 6.45) is 7.71. The van der Waals surface area contributed by atoms with Crippen molar-refractivity contribution in [1.82, 2.24) is 0 Å². The highest BCUT2D eigenvalue weighted by Gasteiger charge is 2.35. The van der Waals surface area contributed by atoms with E-state index in [4.69, 9.17) is 0 Å². The van der Waals surface area contributed by atoms with Crippen LogP contribution in [0.5, 0.6) is 0 Å². The fraction of sp³-hybridized carbons (Fsp3) is 0.263. The second kappa shape index (κ2) is 12.4. The maximum absolute atomic E-state index is 14.9.